The van der Waals surface area contributed by atoms with Gasteiger partial charge in [-0.15, -0.1) is 0 Å². The average Bonchev–Trinajstić information content (AvgIpc) is 3.36. The highest BCUT2D eigenvalue weighted by atomic mass is 35.5. The Kier molecular flexibility index (Phi) is 8.53. The molecule has 0 bridgehead atoms. The van der Waals surface area contributed by atoms with Gasteiger partial charge in [0.25, 0.3) is 5.91 Å². The van der Waals surface area contributed by atoms with Crippen molar-refractivity contribution >= 4 is 45.8 Å². The summed E-state index contributed by atoms with van der Waals surface area (Å²) in [5, 5.41) is 6.08. The van der Waals surface area contributed by atoms with Gasteiger partial charge in [0.05, 0.1) is 0 Å². The number of hydrogen-bond acceptors (Lipinski definition) is 3. The number of carbonyl (C=O) groups is 2. The summed E-state index contributed by atoms with van der Waals surface area (Å²) in [6.07, 6.45) is 4.66. The maximum Gasteiger partial charge on any atom is 0.261 e. The Hall–Kier alpha value is -2.76. The Bertz CT molecular complexity index is 1190. The molecule has 0 aromatic heterocycles. The molecular weight excluding hydrogens is 483 g/mol. The molecule has 1 aliphatic carbocycles. The van der Waals surface area contributed by atoms with Crippen molar-refractivity contribution in [2.24, 2.45) is 0 Å². The summed E-state index contributed by atoms with van der Waals surface area (Å²) in [5.41, 5.74) is 0.724. The van der Waals surface area contributed by atoms with Crippen molar-refractivity contribution in [1.82, 2.24) is 10.2 Å². The van der Waals surface area contributed by atoms with Crippen LogP contribution in [0.3, 0.4) is 0 Å². The molecule has 1 saturated carbocycles. The minimum absolute atomic E-state index is 0.136. The zero-order valence-electron chi connectivity index (χ0n) is 19.8. The lowest BCUT2D eigenvalue weighted by Crippen LogP contribution is -2.52. The molecule has 2 amide bonds. The smallest absolute Gasteiger partial charge is 0.261 e. The molecule has 1 atom stereocenters. The van der Waals surface area contributed by atoms with Gasteiger partial charge in [0.1, 0.15) is 11.8 Å². The zero-order chi connectivity index (χ0) is 24.8. The lowest BCUT2D eigenvalue weighted by atomic mass is 10.1. The van der Waals surface area contributed by atoms with Gasteiger partial charge in [0.2, 0.25) is 5.91 Å². The monoisotopic (exact) mass is 512 g/mol. The Morgan fingerprint density at radius 3 is 2.54 bits per heavy atom. The van der Waals surface area contributed by atoms with Crippen LogP contribution in [0.2, 0.25) is 10.0 Å². The SMILES string of the molecule is CCC(C(=O)NC1CCCC1)N(Cc1ccc(Cl)cc1Cl)C(=O)COc1cccc2ccccc12. The van der Waals surface area contributed by atoms with Gasteiger partial charge in [-0.1, -0.05) is 85.4 Å². The van der Waals surface area contributed by atoms with Crippen molar-refractivity contribution in [3.8, 4) is 5.75 Å². The number of carbonyl (C=O) groups excluding carboxylic acids is 2. The second-order valence-electron chi connectivity index (χ2n) is 8.94. The standard InChI is InChI=1S/C28H30Cl2N2O3/c1-2-25(28(34)31-22-10-4-5-11-22)32(17-20-14-15-21(29)16-24(20)30)27(33)18-35-26-13-7-9-19-8-3-6-12-23(19)26/h3,6-9,12-16,22,25H,2,4-5,10-11,17-18H2,1H3,(H,31,34). The fourth-order valence-electron chi connectivity index (χ4n) is 4.66. The maximum absolute atomic E-state index is 13.5. The summed E-state index contributed by atoms with van der Waals surface area (Å²) < 4.78 is 5.98. The van der Waals surface area contributed by atoms with E-state index in [4.69, 9.17) is 27.9 Å². The third-order valence-electron chi connectivity index (χ3n) is 6.54. The van der Waals surface area contributed by atoms with E-state index in [9.17, 15) is 9.59 Å². The molecule has 0 saturated heterocycles. The quantitative estimate of drug-likeness (QED) is 0.361. The molecule has 7 heteroatoms. The van der Waals surface area contributed by atoms with Crippen LogP contribution >= 0.6 is 23.2 Å². The number of nitrogens with one attached hydrogen (secondary N) is 1. The van der Waals surface area contributed by atoms with Crippen molar-refractivity contribution < 1.29 is 14.3 Å². The van der Waals surface area contributed by atoms with Crippen LogP contribution < -0.4 is 10.1 Å². The van der Waals surface area contributed by atoms with Crippen LogP contribution in [-0.2, 0) is 16.1 Å². The Morgan fingerprint density at radius 2 is 1.80 bits per heavy atom. The van der Waals surface area contributed by atoms with Gasteiger partial charge in [0.15, 0.2) is 6.61 Å². The highest BCUT2D eigenvalue weighted by Crippen LogP contribution is 2.27. The maximum atomic E-state index is 13.5. The van der Waals surface area contributed by atoms with Crippen molar-refractivity contribution in [2.75, 3.05) is 6.61 Å². The third kappa shape index (κ3) is 6.28. The first-order valence-corrected chi connectivity index (χ1v) is 12.9. The summed E-state index contributed by atoms with van der Waals surface area (Å²) in [6.45, 7) is 1.91. The van der Waals surface area contributed by atoms with Gasteiger partial charge in [-0.2, -0.15) is 0 Å². The van der Waals surface area contributed by atoms with E-state index in [0.717, 1.165) is 42.0 Å². The summed E-state index contributed by atoms with van der Waals surface area (Å²) in [5.74, 6) is 0.213. The molecule has 0 spiro atoms. The van der Waals surface area contributed by atoms with Gasteiger partial charge in [-0.05, 0) is 48.4 Å². The summed E-state index contributed by atoms with van der Waals surface area (Å²) in [7, 11) is 0. The van der Waals surface area contributed by atoms with Crippen LogP contribution in [0, 0.1) is 0 Å². The first-order valence-electron chi connectivity index (χ1n) is 12.1. The number of rotatable bonds is 9. The lowest BCUT2D eigenvalue weighted by Gasteiger charge is -2.31. The average molecular weight is 513 g/mol. The van der Waals surface area contributed by atoms with Gasteiger partial charge in [-0.3, -0.25) is 9.59 Å². The molecular formula is C28H30Cl2N2O3. The van der Waals surface area contributed by atoms with Crippen LogP contribution in [0.4, 0.5) is 0 Å². The predicted molar refractivity (Wildman–Crippen MR) is 141 cm³/mol. The number of nitrogens with zero attached hydrogens (tertiary/aromatic N) is 1. The number of hydrogen-bond donors (Lipinski definition) is 1. The van der Waals surface area contributed by atoms with E-state index in [1.807, 2.05) is 49.4 Å². The third-order valence-corrected chi connectivity index (χ3v) is 7.13. The molecule has 0 aliphatic heterocycles. The van der Waals surface area contributed by atoms with E-state index in [1.54, 1.807) is 23.1 Å². The highest BCUT2D eigenvalue weighted by Gasteiger charge is 2.31. The molecule has 1 aliphatic rings. The van der Waals surface area contributed by atoms with Crippen LogP contribution in [0.1, 0.15) is 44.6 Å². The van der Waals surface area contributed by atoms with Crippen LogP contribution in [0.5, 0.6) is 5.75 Å². The van der Waals surface area contributed by atoms with Gasteiger partial charge in [-0.25, -0.2) is 0 Å². The minimum Gasteiger partial charge on any atom is -0.483 e. The van der Waals surface area contributed by atoms with E-state index in [-0.39, 0.29) is 31.0 Å². The molecule has 0 radical (unpaired) electrons. The summed E-state index contributed by atoms with van der Waals surface area (Å²) in [6, 6.07) is 18.3. The first kappa shape index (κ1) is 25.3. The van der Waals surface area contributed by atoms with Crippen molar-refractivity contribution in [3.63, 3.8) is 0 Å². The molecule has 3 aromatic carbocycles. The fourth-order valence-corrected chi connectivity index (χ4v) is 5.13. The highest BCUT2D eigenvalue weighted by molar-refractivity contribution is 6.35. The predicted octanol–water partition coefficient (Wildman–Crippen LogP) is 6.39. The Morgan fingerprint density at radius 1 is 1.06 bits per heavy atom. The van der Waals surface area contributed by atoms with Gasteiger partial charge in [0, 0.05) is 28.0 Å². The topological polar surface area (TPSA) is 58.6 Å². The van der Waals surface area contributed by atoms with Crippen LogP contribution in [0.25, 0.3) is 10.8 Å². The second-order valence-corrected chi connectivity index (χ2v) is 9.78. The molecule has 1 N–H and O–H groups in total. The second kappa shape index (κ2) is 11.8. The largest absolute Gasteiger partial charge is 0.483 e. The van der Waals surface area contributed by atoms with E-state index in [2.05, 4.69) is 5.32 Å². The van der Waals surface area contributed by atoms with Crippen molar-refractivity contribution in [3.05, 3.63) is 76.3 Å². The zero-order valence-corrected chi connectivity index (χ0v) is 21.3. The first-order chi connectivity index (χ1) is 17.0. The van der Waals surface area contributed by atoms with E-state index in [0.29, 0.717) is 22.2 Å². The molecule has 0 heterocycles. The van der Waals surface area contributed by atoms with E-state index >= 15 is 0 Å². The number of ether oxygens (including phenoxy) is 1. The Labute approximate surface area is 216 Å². The Balaban J connectivity index is 1.56. The molecule has 184 valence electrons. The summed E-state index contributed by atoms with van der Waals surface area (Å²) in [4.78, 5) is 28.4. The number of fused-ring (bicyclic) bond motifs is 1. The van der Waals surface area contributed by atoms with Crippen LogP contribution in [-0.4, -0.2) is 35.4 Å². The molecule has 5 nitrogen and oxygen atoms in total. The number of amides is 2. The summed E-state index contributed by atoms with van der Waals surface area (Å²) >= 11 is 12.5. The molecule has 4 rings (SSSR count). The van der Waals surface area contributed by atoms with E-state index in [1.165, 1.54) is 0 Å². The lowest BCUT2D eigenvalue weighted by molar-refractivity contribution is -0.143. The molecule has 35 heavy (non-hydrogen) atoms. The number of benzene rings is 3. The fraction of sp³-hybridized carbons (Fsp3) is 0.357. The molecule has 1 fully saturated rings. The molecule has 1 unspecified atom stereocenters. The van der Waals surface area contributed by atoms with E-state index < -0.39 is 6.04 Å². The normalized spacial score (nSPS) is 14.6. The van der Waals surface area contributed by atoms with Crippen molar-refractivity contribution in [2.45, 2.75) is 57.7 Å². The van der Waals surface area contributed by atoms with Gasteiger partial charge < -0.3 is 15.0 Å². The van der Waals surface area contributed by atoms with Crippen LogP contribution in [0.15, 0.2) is 60.7 Å². The minimum atomic E-state index is -0.633. The van der Waals surface area contributed by atoms with Crippen molar-refractivity contribution in [1.29, 1.82) is 0 Å². The number of halogens is 2. The molecule has 3 aromatic rings. The van der Waals surface area contributed by atoms with Gasteiger partial charge >= 0.3 is 0 Å².